The van der Waals surface area contributed by atoms with Crippen LogP contribution in [0.15, 0.2) is 48.5 Å². The lowest BCUT2D eigenvalue weighted by Gasteiger charge is -2.24. The predicted molar refractivity (Wildman–Crippen MR) is 103 cm³/mol. The molecule has 0 radical (unpaired) electrons. The second-order valence-corrected chi connectivity index (χ2v) is 7.63. The molecule has 0 aliphatic carbocycles. The van der Waals surface area contributed by atoms with Crippen LogP contribution in [0.2, 0.25) is 0 Å². The Labute approximate surface area is 159 Å². The second kappa shape index (κ2) is 6.63. The van der Waals surface area contributed by atoms with Gasteiger partial charge in [0.2, 0.25) is 5.91 Å². The molecule has 0 saturated carbocycles. The van der Waals surface area contributed by atoms with Crippen molar-refractivity contribution in [3.63, 3.8) is 0 Å². The Balaban J connectivity index is 1.94. The number of nitrogens with one attached hydrogen (secondary N) is 1. The Morgan fingerprint density at radius 1 is 1.22 bits per heavy atom. The lowest BCUT2D eigenvalue weighted by molar-refractivity contribution is -0.116. The minimum Gasteiger partial charge on any atom is -0.477 e. The minimum atomic E-state index is -1.04. The Bertz CT molecular complexity index is 1060. The van der Waals surface area contributed by atoms with Crippen LogP contribution in [0.25, 0.3) is 11.1 Å². The standard InChI is InChI=1S/C21H16FNO3S/c1-11-5-7-12(8-6-11)17-18-19(27-20(17)21(25)26)15(10-16(24)23-18)13-3-2-4-14(22)9-13/h2-9,15H,10H2,1H3,(H,23,24)(H,25,26)/t15-/m0/s1. The van der Waals surface area contributed by atoms with Crippen LogP contribution in [0.1, 0.15) is 38.0 Å². The van der Waals surface area contributed by atoms with E-state index >= 15 is 0 Å². The molecule has 2 aromatic carbocycles. The number of aromatic carboxylic acids is 1. The first kappa shape index (κ1) is 17.4. The summed E-state index contributed by atoms with van der Waals surface area (Å²) in [6, 6.07) is 13.6. The SMILES string of the molecule is Cc1ccc(-c2c(C(=O)O)sc3c2NC(=O)C[C@H]3c2cccc(F)c2)cc1. The summed E-state index contributed by atoms with van der Waals surface area (Å²) < 4.78 is 13.7. The molecule has 6 heteroatoms. The van der Waals surface area contributed by atoms with E-state index in [0.717, 1.165) is 27.3 Å². The van der Waals surface area contributed by atoms with Gasteiger partial charge in [-0.2, -0.15) is 0 Å². The Hall–Kier alpha value is -2.99. The monoisotopic (exact) mass is 381 g/mol. The highest BCUT2D eigenvalue weighted by Gasteiger charge is 2.34. The number of carboxylic acids is 1. The number of thiophene rings is 1. The molecule has 1 aliphatic rings. The van der Waals surface area contributed by atoms with E-state index in [1.807, 2.05) is 31.2 Å². The van der Waals surface area contributed by atoms with Crippen molar-refractivity contribution in [2.24, 2.45) is 0 Å². The molecular formula is C21H16FNO3S. The lowest BCUT2D eigenvalue weighted by Crippen LogP contribution is -2.22. The third-order valence-electron chi connectivity index (χ3n) is 4.69. The molecule has 2 heterocycles. The highest BCUT2D eigenvalue weighted by Crippen LogP contribution is 2.49. The average Bonchev–Trinajstić information content (AvgIpc) is 3.01. The van der Waals surface area contributed by atoms with Crippen LogP contribution in [0.5, 0.6) is 0 Å². The van der Waals surface area contributed by atoms with Crippen molar-refractivity contribution in [1.29, 1.82) is 0 Å². The van der Waals surface area contributed by atoms with Gasteiger partial charge in [0.1, 0.15) is 10.7 Å². The highest BCUT2D eigenvalue weighted by atomic mass is 32.1. The quantitative estimate of drug-likeness (QED) is 0.668. The van der Waals surface area contributed by atoms with Gasteiger partial charge in [0.05, 0.1) is 5.69 Å². The summed E-state index contributed by atoms with van der Waals surface area (Å²) in [5.41, 5.74) is 3.49. The topological polar surface area (TPSA) is 66.4 Å². The normalized spacial score (nSPS) is 15.9. The molecular weight excluding hydrogens is 365 g/mol. The van der Waals surface area contributed by atoms with Gasteiger partial charge in [-0.3, -0.25) is 4.79 Å². The maximum Gasteiger partial charge on any atom is 0.346 e. The number of amides is 1. The maximum absolute atomic E-state index is 13.7. The number of aryl methyl sites for hydroxylation is 1. The number of carbonyl (C=O) groups is 2. The summed E-state index contributed by atoms with van der Waals surface area (Å²) in [6.45, 7) is 1.95. The van der Waals surface area contributed by atoms with Crippen molar-refractivity contribution in [3.8, 4) is 11.1 Å². The first-order chi connectivity index (χ1) is 12.9. The van der Waals surface area contributed by atoms with E-state index in [0.29, 0.717) is 16.8 Å². The van der Waals surface area contributed by atoms with Crippen LogP contribution in [0, 0.1) is 12.7 Å². The Morgan fingerprint density at radius 2 is 1.96 bits per heavy atom. The van der Waals surface area contributed by atoms with E-state index in [9.17, 15) is 19.1 Å². The third kappa shape index (κ3) is 3.13. The number of hydrogen-bond acceptors (Lipinski definition) is 3. The summed E-state index contributed by atoms with van der Waals surface area (Å²) in [5, 5.41) is 12.6. The minimum absolute atomic E-state index is 0.156. The van der Waals surface area contributed by atoms with Gasteiger partial charge in [0, 0.05) is 22.8 Å². The van der Waals surface area contributed by atoms with Gasteiger partial charge in [0.15, 0.2) is 0 Å². The summed E-state index contributed by atoms with van der Waals surface area (Å²) >= 11 is 1.14. The van der Waals surface area contributed by atoms with Crippen LogP contribution in [0.3, 0.4) is 0 Å². The fraction of sp³-hybridized carbons (Fsp3) is 0.143. The van der Waals surface area contributed by atoms with Crippen molar-refractivity contribution in [2.45, 2.75) is 19.3 Å². The van der Waals surface area contributed by atoms with E-state index in [4.69, 9.17) is 0 Å². The van der Waals surface area contributed by atoms with Crippen LogP contribution in [-0.4, -0.2) is 17.0 Å². The third-order valence-corrected chi connectivity index (χ3v) is 5.98. The van der Waals surface area contributed by atoms with Crippen molar-refractivity contribution in [2.75, 3.05) is 5.32 Å². The second-order valence-electron chi connectivity index (χ2n) is 6.58. The largest absolute Gasteiger partial charge is 0.477 e. The first-order valence-corrected chi connectivity index (χ1v) is 9.28. The number of halogens is 1. The average molecular weight is 381 g/mol. The number of fused-ring (bicyclic) bond motifs is 1. The van der Waals surface area contributed by atoms with Crippen LogP contribution >= 0.6 is 11.3 Å². The number of hydrogen-bond donors (Lipinski definition) is 2. The van der Waals surface area contributed by atoms with Crippen molar-refractivity contribution >= 4 is 28.9 Å². The number of carboxylic acid groups (broad SMARTS) is 1. The highest BCUT2D eigenvalue weighted by molar-refractivity contribution is 7.15. The molecule has 0 spiro atoms. The van der Waals surface area contributed by atoms with Crippen molar-refractivity contribution < 1.29 is 19.1 Å². The van der Waals surface area contributed by atoms with Crippen LogP contribution < -0.4 is 5.32 Å². The molecule has 0 fully saturated rings. The molecule has 4 nitrogen and oxygen atoms in total. The molecule has 27 heavy (non-hydrogen) atoms. The molecule has 4 rings (SSSR count). The predicted octanol–water partition coefficient (Wildman–Crippen LogP) is 5.03. The fourth-order valence-corrected chi connectivity index (χ4v) is 4.67. The summed E-state index contributed by atoms with van der Waals surface area (Å²) in [5.74, 6) is -2.00. The van der Waals surface area contributed by atoms with Gasteiger partial charge in [-0.05, 0) is 30.2 Å². The molecule has 136 valence electrons. The van der Waals surface area contributed by atoms with Gasteiger partial charge in [-0.15, -0.1) is 11.3 Å². The Kier molecular flexibility index (Phi) is 4.28. The van der Waals surface area contributed by atoms with E-state index in [1.165, 1.54) is 12.1 Å². The van der Waals surface area contributed by atoms with Crippen LogP contribution in [0.4, 0.5) is 10.1 Å². The molecule has 1 atom stereocenters. The van der Waals surface area contributed by atoms with Crippen molar-refractivity contribution in [3.05, 3.63) is 75.2 Å². The first-order valence-electron chi connectivity index (χ1n) is 8.46. The molecule has 0 saturated heterocycles. The molecule has 2 N–H and O–H groups in total. The Morgan fingerprint density at radius 3 is 2.63 bits per heavy atom. The maximum atomic E-state index is 13.7. The van der Waals surface area contributed by atoms with E-state index in [1.54, 1.807) is 12.1 Å². The zero-order chi connectivity index (χ0) is 19.1. The zero-order valence-electron chi connectivity index (χ0n) is 14.5. The van der Waals surface area contributed by atoms with Gasteiger partial charge in [0.25, 0.3) is 0 Å². The number of benzene rings is 2. The fourth-order valence-electron chi connectivity index (χ4n) is 3.43. The van der Waals surface area contributed by atoms with E-state index < -0.39 is 5.97 Å². The molecule has 0 unspecified atom stereocenters. The lowest BCUT2D eigenvalue weighted by atomic mass is 9.88. The molecule has 0 bridgehead atoms. The number of anilines is 1. The number of rotatable bonds is 3. The van der Waals surface area contributed by atoms with E-state index in [2.05, 4.69) is 5.32 Å². The van der Waals surface area contributed by atoms with Gasteiger partial charge in [-0.25, -0.2) is 9.18 Å². The van der Waals surface area contributed by atoms with Gasteiger partial charge in [-0.1, -0.05) is 42.0 Å². The number of carbonyl (C=O) groups excluding carboxylic acids is 1. The van der Waals surface area contributed by atoms with Gasteiger partial charge >= 0.3 is 5.97 Å². The summed E-state index contributed by atoms with van der Waals surface area (Å²) in [6.07, 6.45) is 0.156. The zero-order valence-corrected chi connectivity index (χ0v) is 15.3. The smallest absolute Gasteiger partial charge is 0.346 e. The van der Waals surface area contributed by atoms with Gasteiger partial charge < -0.3 is 10.4 Å². The molecule has 1 amide bonds. The van der Waals surface area contributed by atoms with E-state index in [-0.39, 0.29) is 28.9 Å². The molecule has 1 aliphatic heterocycles. The summed E-state index contributed by atoms with van der Waals surface area (Å²) in [4.78, 5) is 25.2. The van der Waals surface area contributed by atoms with Crippen LogP contribution in [-0.2, 0) is 4.79 Å². The molecule has 3 aromatic rings. The summed E-state index contributed by atoms with van der Waals surface area (Å²) in [7, 11) is 0. The molecule has 1 aromatic heterocycles. The van der Waals surface area contributed by atoms with Crippen molar-refractivity contribution in [1.82, 2.24) is 0 Å².